The van der Waals surface area contributed by atoms with Gasteiger partial charge in [0.05, 0.1) is 16.2 Å². The van der Waals surface area contributed by atoms with Gasteiger partial charge in [0.15, 0.2) is 0 Å². The van der Waals surface area contributed by atoms with Crippen LogP contribution in [0.25, 0.3) is 16.8 Å². The van der Waals surface area contributed by atoms with Gasteiger partial charge in [-0.1, -0.05) is 54.6 Å². The number of nitriles is 1. The molecule has 190 valence electrons. The molecular formula is C28H18F3N3O4. The molecule has 10 heteroatoms. The first-order chi connectivity index (χ1) is 18.2. The van der Waals surface area contributed by atoms with Gasteiger partial charge in [0, 0.05) is 12.1 Å². The maximum absolute atomic E-state index is 13.4. The maximum Gasteiger partial charge on any atom is 0.418 e. The van der Waals surface area contributed by atoms with E-state index in [9.17, 15) is 33.3 Å². The van der Waals surface area contributed by atoms with E-state index < -0.39 is 39.5 Å². The van der Waals surface area contributed by atoms with Crippen molar-refractivity contribution < 1.29 is 27.6 Å². The molecular weight excluding hydrogens is 499 g/mol. The number of halogens is 3. The lowest BCUT2D eigenvalue weighted by Gasteiger charge is -2.13. The lowest BCUT2D eigenvalue weighted by atomic mass is 10.1. The summed E-state index contributed by atoms with van der Waals surface area (Å²) in [5.74, 6) is -0.645. The molecule has 0 spiro atoms. The number of carbonyl (C=O) groups is 1. The van der Waals surface area contributed by atoms with Crippen LogP contribution in [0.4, 0.5) is 24.5 Å². The van der Waals surface area contributed by atoms with Crippen molar-refractivity contribution in [2.75, 3.05) is 5.32 Å². The Labute approximate surface area is 214 Å². The van der Waals surface area contributed by atoms with Crippen LogP contribution >= 0.6 is 0 Å². The van der Waals surface area contributed by atoms with Crippen LogP contribution in [-0.2, 0) is 17.6 Å². The number of fused-ring (bicyclic) bond motifs is 1. The summed E-state index contributed by atoms with van der Waals surface area (Å²) in [6.07, 6.45) is -3.76. The summed E-state index contributed by atoms with van der Waals surface area (Å²) in [5, 5.41) is 24.5. The van der Waals surface area contributed by atoms with E-state index in [4.69, 9.17) is 4.74 Å². The third-order valence-electron chi connectivity index (χ3n) is 5.58. The van der Waals surface area contributed by atoms with Crippen molar-refractivity contribution >= 4 is 34.1 Å². The zero-order valence-corrected chi connectivity index (χ0v) is 19.5. The minimum absolute atomic E-state index is 0.264. The predicted octanol–water partition coefficient (Wildman–Crippen LogP) is 6.89. The molecule has 0 aliphatic rings. The number of nitrogens with zero attached hydrogens (tertiary/aromatic N) is 2. The highest BCUT2D eigenvalue weighted by atomic mass is 19.4. The van der Waals surface area contributed by atoms with Crippen LogP contribution in [0.2, 0.25) is 0 Å². The molecule has 0 saturated heterocycles. The molecule has 0 fully saturated rings. The number of hydrogen-bond donors (Lipinski definition) is 1. The second-order valence-electron chi connectivity index (χ2n) is 8.11. The number of non-ortho nitro benzene ring substituents is 1. The average molecular weight is 517 g/mol. The Hall–Kier alpha value is -5.17. The van der Waals surface area contributed by atoms with Gasteiger partial charge in [-0.15, -0.1) is 0 Å². The molecule has 0 radical (unpaired) electrons. The molecule has 7 nitrogen and oxygen atoms in total. The summed E-state index contributed by atoms with van der Waals surface area (Å²) in [4.78, 5) is 22.5. The van der Waals surface area contributed by atoms with E-state index in [0.717, 1.165) is 28.5 Å². The van der Waals surface area contributed by atoms with Gasteiger partial charge in [-0.2, -0.15) is 18.4 Å². The van der Waals surface area contributed by atoms with Gasteiger partial charge in [0.2, 0.25) is 0 Å². The van der Waals surface area contributed by atoms with Crippen LogP contribution in [0.1, 0.15) is 16.7 Å². The van der Waals surface area contributed by atoms with Crippen LogP contribution < -0.4 is 10.1 Å². The third kappa shape index (κ3) is 5.96. The molecule has 0 aliphatic heterocycles. The number of amides is 1. The van der Waals surface area contributed by atoms with Crippen molar-refractivity contribution in [2.45, 2.75) is 12.8 Å². The van der Waals surface area contributed by atoms with Gasteiger partial charge in [0.1, 0.15) is 24.0 Å². The number of nitro groups is 1. The molecule has 1 amide bonds. The van der Waals surface area contributed by atoms with E-state index in [1.807, 2.05) is 47.8 Å². The second kappa shape index (κ2) is 10.8. The number of alkyl halides is 3. The van der Waals surface area contributed by atoms with Crippen LogP contribution in [0.3, 0.4) is 0 Å². The summed E-state index contributed by atoms with van der Waals surface area (Å²) in [5.41, 5.74) is -1.99. The molecule has 0 bridgehead atoms. The van der Waals surface area contributed by atoms with Gasteiger partial charge in [0.25, 0.3) is 11.6 Å². The summed E-state index contributed by atoms with van der Waals surface area (Å²) < 4.78 is 46.2. The molecule has 0 aromatic heterocycles. The van der Waals surface area contributed by atoms with Crippen molar-refractivity contribution in [1.82, 2.24) is 0 Å². The number of nitro benzene ring substituents is 1. The average Bonchev–Trinajstić information content (AvgIpc) is 2.90. The summed E-state index contributed by atoms with van der Waals surface area (Å²) in [6.45, 7) is 0.264. The third-order valence-corrected chi connectivity index (χ3v) is 5.58. The molecule has 1 N–H and O–H groups in total. The fourth-order valence-electron chi connectivity index (χ4n) is 3.77. The Balaban J connectivity index is 1.53. The van der Waals surface area contributed by atoms with Gasteiger partial charge in [-0.25, -0.2) is 0 Å². The molecule has 4 aromatic rings. The number of benzene rings is 4. The Morgan fingerprint density at radius 2 is 1.76 bits per heavy atom. The minimum Gasteiger partial charge on any atom is -0.489 e. The van der Waals surface area contributed by atoms with Crippen molar-refractivity contribution in [3.8, 4) is 11.8 Å². The first-order valence-electron chi connectivity index (χ1n) is 11.1. The van der Waals surface area contributed by atoms with E-state index in [1.165, 1.54) is 6.08 Å². The normalized spacial score (nSPS) is 11.6. The first kappa shape index (κ1) is 25.9. The Kier molecular flexibility index (Phi) is 7.39. The number of nitrogens with one attached hydrogen (secondary N) is 1. The molecule has 4 rings (SSSR count). The van der Waals surface area contributed by atoms with Crippen molar-refractivity contribution in [1.29, 1.82) is 5.26 Å². The van der Waals surface area contributed by atoms with Gasteiger partial charge >= 0.3 is 6.18 Å². The van der Waals surface area contributed by atoms with E-state index in [2.05, 4.69) is 0 Å². The Bertz CT molecular complexity index is 1600. The van der Waals surface area contributed by atoms with E-state index in [0.29, 0.717) is 17.4 Å². The highest BCUT2D eigenvalue weighted by Gasteiger charge is 2.35. The summed E-state index contributed by atoms with van der Waals surface area (Å²) in [7, 11) is 0. The molecule has 0 aliphatic carbocycles. The Morgan fingerprint density at radius 3 is 2.50 bits per heavy atom. The standard InChI is InChI=1S/C28H18F3N3O4/c29-28(30,31)25-15-22(34(36)37)11-12-26(25)33-27(35)21(16-32)13-18-5-3-9-23(14-18)38-17-20-8-4-7-19-6-1-2-10-24(19)20/h1-15H,17H2,(H,33,35). The zero-order valence-electron chi connectivity index (χ0n) is 19.5. The highest BCUT2D eigenvalue weighted by Crippen LogP contribution is 2.37. The van der Waals surface area contributed by atoms with Gasteiger partial charge in [-0.3, -0.25) is 14.9 Å². The maximum atomic E-state index is 13.4. The predicted molar refractivity (Wildman–Crippen MR) is 135 cm³/mol. The number of anilines is 1. The Morgan fingerprint density at radius 1 is 1.03 bits per heavy atom. The fraction of sp³-hybridized carbons (Fsp3) is 0.0714. The monoisotopic (exact) mass is 517 g/mol. The molecule has 0 atom stereocenters. The molecule has 4 aromatic carbocycles. The number of hydrogen-bond acceptors (Lipinski definition) is 5. The molecule has 0 saturated carbocycles. The zero-order chi connectivity index (χ0) is 27.3. The quantitative estimate of drug-likeness (QED) is 0.124. The topological polar surface area (TPSA) is 105 Å². The van der Waals surface area contributed by atoms with E-state index >= 15 is 0 Å². The second-order valence-corrected chi connectivity index (χ2v) is 8.11. The smallest absolute Gasteiger partial charge is 0.418 e. The van der Waals surface area contributed by atoms with Crippen LogP contribution in [-0.4, -0.2) is 10.8 Å². The van der Waals surface area contributed by atoms with Gasteiger partial charge < -0.3 is 10.1 Å². The van der Waals surface area contributed by atoms with E-state index in [-0.39, 0.29) is 6.61 Å². The SMILES string of the molecule is N#CC(=Cc1cccc(OCc2cccc3ccccc23)c1)C(=O)Nc1ccc([N+](=O)[O-])cc1C(F)(F)F. The van der Waals surface area contributed by atoms with Crippen LogP contribution in [0.15, 0.2) is 90.5 Å². The highest BCUT2D eigenvalue weighted by molar-refractivity contribution is 6.10. The number of ether oxygens (including phenoxy) is 1. The van der Waals surface area contributed by atoms with Gasteiger partial charge in [-0.05, 0) is 46.2 Å². The first-order valence-corrected chi connectivity index (χ1v) is 11.1. The van der Waals surface area contributed by atoms with Crippen LogP contribution in [0.5, 0.6) is 5.75 Å². The minimum atomic E-state index is -4.97. The van der Waals surface area contributed by atoms with Crippen LogP contribution in [0, 0.1) is 21.4 Å². The number of carbonyl (C=O) groups excluding carboxylic acids is 1. The lowest BCUT2D eigenvalue weighted by Crippen LogP contribution is -2.18. The largest absolute Gasteiger partial charge is 0.489 e. The fourth-order valence-corrected chi connectivity index (χ4v) is 3.77. The molecule has 38 heavy (non-hydrogen) atoms. The molecule has 0 unspecified atom stereocenters. The lowest BCUT2D eigenvalue weighted by molar-refractivity contribution is -0.385. The van der Waals surface area contributed by atoms with Crippen molar-refractivity contribution in [2.24, 2.45) is 0 Å². The molecule has 0 heterocycles. The number of rotatable bonds is 7. The van der Waals surface area contributed by atoms with Crippen molar-refractivity contribution in [3.05, 3.63) is 117 Å². The summed E-state index contributed by atoms with van der Waals surface area (Å²) >= 11 is 0. The van der Waals surface area contributed by atoms with E-state index in [1.54, 1.807) is 30.3 Å². The van der Waals surface area contributed by atoms with Crippen molar-refractivity contribution in [3.63, 3.8) is 0 Å². The summed E-state index contributed by atoms with van der Waals surface area (Å²) in [6, 6.07) is 23.8.